The second-order valence-electron chi connectivity index (χ2n) is 5.87. The van der Waals surface area contributed by atoms with Gasteiger partial charge in [-0.1, -0.05) is 6.07 Å². The molecule has 0 fully saturated rings. The summed E-state index contributed by atoms with van der Waals surface area (Å²) in [5.74, 6) is -2.33. The molecule has 0 aliphatic heterocycles. The van der Waals surface area contributed by atoms with E-state index in [2.05, 4.69) is 10.6 Å². The fourth-order valence-electron chi connectivity index (χ4n) is 2.27. The lowest BCUT2D eigenvalue weighted by Gasteiger charge is -2.15. The largest absolute Gasteiger partial charge is 0.480 e. The quantitative estimate of drug-likeness (QED) is 0.394. The minimum Gasteiger partial charge on any atom is -0.480 e. The zero-order valence-electron chi connectivity index (χ0n) is 15.6. The fraction of sp³-hybridized carbons (Fsp3) is 0.444. The van der Waals surface area contributed by atoms with E-state index in [1.807, 2.05) is 12.5 Å². The van der Waals surface area contributed by atoms with E-state index >= 15 is 0 Å². The maximum atomic E-state index is 12.4. The van der Waals surface area contributed by atoms with Gasteiger partial charge in [-0.25, -0.2) is 9.59 Å². The van der Waals surface area contributed by atoms with Gasteiger partial charge >= 0.3 is 11.9 Å². The molecule has 0 spiro atoms. The predicted molar refractivity (Wildman–Crippen MR) is 110 cm³/mol. The van der Waals surface area contributed by atoms with Crippen LogP contribution in [0.5, 0.6) is 0 Å². The second-order valence-corrected chi connectivity index (χ2v) is 7.84. The van der Waals surface area contributed by atoms with Crippen molar-refractivity contribution >= 4 is 47.3 Å². The lowest BCUT2D eigenvalue weighted by Crippen LogP contribution is -2.42. The molecule has 1 rings (SSSR count). The number of carbonyl (C=O) groups is 4. The number of amides is 2. The van der Waals surface area contributed by atoms with Gasteiger partial charge < -0.3 is 20.8 Å². The normalized spacial score (nSPS) is 12.6. The third kappa shape index (κ3) is 7.81. The Morgan fingerprint density at radius 1 is 0.857 bits per heavy atom. The van der Waals surface area contributed by atoms with Crippen LogP contribution < -0.4 is 10.6 Å². The van der Waals surface area contributed by atoms with Crippen molar-refractivity contribution in [1.29, 1.82) is 0 Å². The third-order valence-electron chi connectivity index (χ3n) is 3.82. The first-order chi connectivity index (χ1) is 13.3. The Morgan fingerprint density at radius 3 is 1.57 bits per heavy atom. The summed E-state index contributed by atoms with van der Waals surface area (Å²) in [6.07, 6.45) is 4.23. The Bertz CT molecular complexity index is 658. The third-order valence-corrected chi connectivity index (χ3v) is 5.10. The molecule has 0 saturated heterocycles. The molecule has 154 valence electrons. The molecule has 2 atom stereocenters. The highest BCUT2D eigenvalue weighted by Crippen LogP contribution is 2.09. The monoisotopic (exact) mass is 428 g/mol. The average molecular weight is 429 g/mol. The molecule has 0 saturated carbocycles. The summed E-state index contributed by atoms with van der Waals surface area (Å²) < 4.78 is 0. The first-order valence-electron chi connectivity index (χ1n) is 8.45. The van der Waals surface area contributed by atoms with Gasteiger partial charge in [-0.05, 0) is 55.1 Å². The minimum absolute atomic E-state index is 0.124. The van der Waals surface area contributed by atoms with Crippen molar-refractivity contribution in [2.24, 2.45) is 0 Å². The second kappa shape index (κ2) is 12.3. The number of carboxylic acid groups (broad SMARTS) is 2. The molecule has 28 heavy (non-hydrogen) atoms. The summed E-state index contributed by atoms with van der Waals surface area (Å²) >= 11 is 2.95. The molecule has 0 unspecified atom stereocenters. The van der Waals surface area contributed by atoms with Crippen LogP contribution in [0.1, 0.15) is 33.6 Å². The molecular formula is C18H24N2O6S2. The maximum Gasteiger partial charge on any atom is 0.326 e. The highest BCUT2D eigenvalue weighted by Gasteiger charge is 2.22. The number of carbonyl (C=O) groups excluding carboxylic acids is 2. The number of thioether (sulfide) groups is 2. The lowest BCUT2D eigenvalue weighted by atomic mass is 10.1. The molecule has 1 aromatic rings. The number of aliphatic carboxylic acids is 2. The maximum absolute atomic E-state index is 12.4. The molecule has 0 aliphatic carbocycles. The zero-order chi connectivity index (χ0) is 21.1. The molecule has 10 heteroatoms. The number of carboxylic acids is 2. The average Bonchev–Trinajstić information content (AvgIpc) is 2.67. The van der Waals surface area contributed by atoms with Crippen molar-refractivity contribution < 1.29 is 29.4 Å². The van der Waals surface area contributed by atoms with Crippen LogP contribution in [-0.4, -0.2) is 70.1 Å². The van der Waals surface area contributed by atoms with E-state index in [0.717, 1.165) is 0 Å². The van der Waals surface area contributed by atoms with E-state index in [4.69, 9.17) is 0 Å². The first kappa shape index (κ1) is 23.8. The number of nitrogens with one attached hydrogen (secondary N) is 2. The summed E-state index contributed by atoms with van der Waals surface area (Å²) in [6, 6.07) is 3.66. The van der Waals surface area contributed by atoms with E-state index in [0.29, 0.717) is 11.5 Å². The van der Waals surface area contributed by atoms with Crippen LogP contribution in [0.15, 0.2) is 24.3 Å². The van der Waals surface area contributed by atoms with Crippen LogP contribution in [0.25, 0.3) is 0 Å². The van der Waals surface area contributed by atoms with Gasteiger partial charge in [-0.3, -0.25) is 9.59 Å². The molecular weight excluding hydrogens is 404 g/mol. The lowest BCUT2D eigenvalue weighted by molar-refractivity contribution is -0.140. The topological polar surface area (TPSA) is 133 Å². The van der Waals surface area contributed by atoms with E-state index in [-0.39, 0.29) is 24.0 Å². The molecule has 0 heterocycles. The van der Waals surface area contributed by atoms with Crippen molar-refractivity contribution in [3.63, 3.8) is 0 Å². The van der Waals surface area contributed by atoms with E-state index in [1.54, 1.807) is 0 Å². The van der Waals surface area contributed by atoms with Gasteiger partial charge in [-0.15, -0.1) is 0 Å². The number of hydrogen-bond acceptors (Lipinski definition) is 6. The van der Waals surface area contributed by atoms with Gasteiger partial charge in [0.2, 0.25) is 0 Å². The van der Waals surface area contributed by atoms with Crippen molar-refractivity contribution in [2.75, 3.05) is 24.0 Å². The Kier molecular flexibility index (Phi) is 10.5. The SMILES string of the molecule is CSCC[C@H](NC(=O)c1cccc(C(=O)N[C@@H](CCSC)C(=O)O)c1)C(=O)O. The highest BCUT2D eigenvalue weighted by molar-refractivity contribution is 7.98. The van der Waals surface area contributed by atoms with E-state index < -0.39 is 35.8 Å². The van der Waals surface area contributed by atoms with Crippen molar-refractivity contribution in [3.8, 4) is 0 Å². The van der Waals surface area contributed by atoms with E-state index in [9.17, 15) is 29.4 Å². The smallest absolute Gasteiger partial charge is 0.326 e. The molecule has 0 aromatic heterocycles. The van der Waals surface area contributed by atoms with Crippen molar-refractivity contribution in [2.45, 2.75) is 24.9 Å². The Hall–Kier alpha value is -2.20. The predicted octanol–water partition coefficient (Wildman–Crippen LogP) is 1.56. The van der Waals surface area contributed by atoms with Crippen LogP contribution in [0.3, 0.4) is 0 Å². The summed E-state index contributed by atoms with van der Waals surface area (Å²) in [5, 5.41) is 23.3. The van der Waals surface area contributed by atoms with Crippen LogP contribution in [0, 0.1) is 0 Å². The number of rotatable bonds is 12. The van der Waals surface area contributed by atoms with Crippen LogP contribution in [0.2, 0.25) is 0 Å². The molecule has 4 N–H and O–H groups in total. The minimum atomic E-state index is -1.13. The first-order valence-corrected chi connectivity index (χ1v) is 11.2. The van der Waals surface area contributed by atoms with Gasteiger partial charge in [0.05, 0.1) is 0 Å². The van der Waals surface area contributed by atoms with Gasteiger partial charge in [0.1, 0.15) is 12.1 Å². The highest BCUT2D eigenvalue weighted by atomic mass is 32.2. The van der Waals surface area contributed by atoms with Crippen LogP contribution in [-0.2, 0) is 9.59 Å². The van der Waals surface area contributed by atoms with Gasteiger partial charge in [0, 0.05) is 11.1 Å². The van der Waals surface area contributed by atoms with Crippen molar-refractivity contribution in [3.05, 3.63) is 35.4 Å². The summed E-state index contributed by atoms with van der Waals surface area (Å²) in [4.78, 5) is 47.3. The molecule has 0 radical (unpaired) electrons. The van der Waals surface area contributed by atoms with E-state index in [1.165, 1.54) is 47.8 Å². The van der Waals surface area contributed by atoms with Gasteiger partial charge in [0.25, 0.3) is 11.8 Å². The summed E-state index contributed by atoms with van der Waals surface area (Å²) in [7, 11) is 0. The van der Waals surface area contributed by atoms with Crippen LogP contribution >= 0.6 is 23.5 Å². The molecule has 0 aliphatic rings. The summed E-state index contributed by atoms with van der Waals surface area (Å²) in [5.41, 5.74) is 0.248. The Labute approximate surface area is 171 Å². The Balaban J connectivity index is 2.86. The van der Waals surface area contributed by atoms with Gasteiger partial charge in [0.15, 0.2) is 0 Å². The fourth-order valence-corrected chi connectivity index (χ4v) is 3.21. The number of hydrogen-bond donors (Lipinski definition) is 4. The molecule has 2 amide bonds. The molecule has 0 bridgehead atoms. The zero-order valence-corrected chi connectivity index (χ0v) is 17.3. The van der Waals surface area contributed by atoms with Crippen LogP contribution in [0.4, 0.5) is 0 Å². The number of benzene rings is 1. The standard InChI is InChI=1S/C18H24N2O6S2/c1-27-8-6-13(17(23)24)19-15(21)11-4-3-5-12(10-11)16(22)20-14(18(25)26)7-9-28-2/h3-5,10,13-14H,6-9H2,1-2H3,(H,19,21)(H,20,22)(H,23,24)(H,25,26)/t13-,14-/m0/s1. The Morgan fingerprint density at radius 2 is 1.25 bits per heavy atom. The molecule has 8 nitrogen and oxygen atoms in total. The van der Waals surface area contributed by atoms with Gasteiger partial charge in [-0.2, -0.15) is 23.5 Å². The summed E-state index contributed by atoms with van der Waals surface area (Å²) in [6.45, 7) is 0. The molecule has 1 aromatic carbocycles. The van der Waals surface area contributed by atoms with Crippen molar-refractivity contribution in [1.82, 2.24) is 10.6 Å².